The zero-order chi connectivity index (χ0) is 12.4. The van der Waals surface area contributed by atoms with Crippen molar-refractivity contribution in [2.24, 2.45) is 5.92 Å². The highest BCUT2D eigenvalue weighted by atomic mass is 35.5. The van der Waals surface area contributed by atoms with Crippen LogP contribution in [-0.2, 0) is 0 Å². The van der Waals surface area contributed by atoms with Crippen molar-refractivity contribution in [2.45, 2.75) is 33.2 Å². The van der Waals surface area contributed by atoms with Crippen LogP contribution < -0.4 is 10.6 Å². The summed E-state index contributed by atoms with van der Waals surface area (Å²) in [6, 6.07) is 2.25. The summed E-state index contributed by atoms with van der Waals surface area (Å²) in [5, 5.41) is 6.46. The lowest BCUT2D eigenvalue weighted by Gasteiger charge is -2.30. The molecule has 1 amide bonds. The molecule has 0 saturated carbocycles. The maximum Gasteiger partial charge on any atom is 0.261 e. The molecule has 0 aliphatic carbocycles. The molecule has 0 aromatic carbocycles. The van der Waals surface area contributed by atoms with Crippen LogP contribution in [0.1, 0.15) is 33.5 Å². The Balaban J connectivity index is 0.00000162. The molecule has 2 heterocycles. The quantitative estimate of drug-likeness (QED) is 0.878. The van der Waals surface area contributed by atoms with Crippen molar-refractivity contribution >= 4 is 29.7 Å². The van der Waals surface area contributed by atoms with Crippen LogP contribution in [0.15, 0.2) is 6.07 Å². The first kappa shape index (κ1) is 15.5. The molecule has 2 unspecified atom stereocenters. The molecule has 102 valence electrons. The van der Waals surface area contributed by atoms with Crippen LogP contribution in [-0.4, -0.2) is 25.0 Å². The Morgan fingerprint density at radius 1 is 1.50 bits per heavy atom. The molecule has 1 fully saturated rings. The number of nitrogens with one attached hydrogen (secondary N) is 2. The average molecular weight is 289 g/mol. The first-order valence-electron chi connectivity index (χ1n) is 6.16. The second-order valence-electron chi connectivity index (χ2n) is 4.90. The van der Waals surface area contributed by atoms with Gasteiger partial charge < -0.3 is 10.6 Å². The predicted octanol–water partition coefficient (Wildman–Crippen LogP) is 2.51. The van der Waals surface area contributed by atoms with E-state index in [9.17, 15) is 4.79 Å². The monoisotopic (exact) mass is 288 g/mol. The summed E-state index contributed by atoms with van der Waals surface area (Å²) in [6.45, 7) is 8.26. The van der Waals surface area contributed by atoms with Gasteiger partial charge in [0, 0.05) is 17.5 Å². The highest BCUT2D eigenvalue weighted by Gasteiger charge is 2.23. The first-order chi connectivity index (χ1) is 8.08. The molecule has 3 nitrogen and oxygen atoms in total. The molecule has 1 aromatic heterocycles. The van der Waals surface area contributed by atoms with Gasteiger partial charge in [0.1, 0.15) is 0 Å². The normalized spacial score (nSPS) is 23.3. The highest BCUT2D eigenvalue weighted by Crippen LogP contribution is 2.21. The number of aryl methyl sites for hydroxylation is 2. The third-order valence-electron chi connectivity index (χ3n) is 3.53. The van der Waals surface area contributed by atoms with E-state index in [1.807, 2.05) is 13.0 Å². The average Bonchev–Trinajstić information content (AvgIpc) is 2.63. The lowest BCUT2D eigenvalue weighted by molar-refractivity contribution is 0.0919. The van der Waals surface area contributed by atoms with E-state index in [2.05, 4.69) is 24.5 Å². The van der Waals surface area contributed by atoms with Crippen LogP contribution in [0, 0.1) is 19.8 Å². The lowest BCUT2D eigenvalue weighted by atomic mass is 9.95. The Bertz CT molecular complexity index is 400. The number of amides is 1. The fraction of sp³-hybridized carbons (Fsp3) is 0.615. The summed E-state index contributed by atoms with van der Waals surface area (Å²) in [5.74, 6) is 0.633. The summed E-state index contributed by atoms with van der Waals surface area (Å²) in [4.78, 5) is 14.2. The van der Waals surface area contributed by atoms with Gasteiger partial charge >= 0.3 is 0 Å². The number of hydrogen-bond donors (Lipinski definition) is 2. The van der Waals surface area contributed by atoms with Gasteiger partial charge in [0.2, 0.25) is 0 Å². The minimum atomic E-state index is 0. The molecule has 0 bridgehead atoms. The molecule has 1 aliphatic heterocycles. The smallest absolute Gasteiger partial charge is 0.261 e. The van der Waals surface area contributed by atoms with E-state index in [0.29, 0.717) is 5.92 Å². The molecule has 1 aromatic rings. The fourth-order valence-corrected chi connectivity index (χ4v) is 3.04. The van der Waals surface area contributed by atoms with Gasteiger partial charge in [-0.15, -0.1) is 23.7 Å². The largest absolute Gasteiger partial charge is 0.347 e. The molecular weight excluding hydrogens is 268 g/mol. The highest BCUT2D eigenvalue weighted by molar-refractivity contribution is 7.14. The third-order valence-corrected chi connectivity index (χ3v) is 4.69. The first-order valence-corrected chi connectivity index (χ1v) is 6.98. The van der Waals surface area contributed by atoms with Crippen LogP contribution in [0.5, 0.6) is 0 Å². The number of piperidine rings is 1. The van der Waals surface area contributed by atoms with E-state index < -0.39 is 0 Å². The van der Waals surface area contributed by atoms with E-state index in [1.165, 1.54) is 10.4 Å². The van der Waals surface area contributed by atoms with Crippen molar-refractivity contribution in [2.75, 3.05) is 13.1 Å². The maximum absolute atomic E-state index is 12.1. The van der Waals surface area contributed by atoms with Gasteiger partial charge in [0.15, 0.2) is 0 Å². The zero-order valence-corrected chi connectivity index (χ0v) is 12.7. The van der Waals surface area contributed by atoms with Crippen molar-refractivity contribution in [1.29, 1.82) is 0 Å². The molecule has 2 atom stereocenters. The van der Waals surface area contributed by atoms with Crippen LogP contribution in [0.25, 0.3) is 0 Å². The standard InChI is InChI=1S/C13H20N2OS.ClH/c1-8-4-5-14-7-11(8)15-13(16)12-6-9(2)10(3)17-12;/h6,8,11,14H,4-5,7H2,1-3H3,(H,15,16);1H. The molecule has 2 N–H and O–H groups in total. The predicted molar refractivity (Wildman–Crippen MR) is 78.9 cm³/mol. The number of carbonyl (C=O) groups is 1. The van der Waals surface area contributed by atoms with Crippen molar-refractivity contribution in [3.8, 4) is 0 Å². The van der Waals surface area contributed by atoms with Gasteiger partial charge in [-0.05, 0) is 44.4 Å². The van der Waals surface area contributed by atoms with Gasteiger partial charge in [0.25, 0.3) is 5.91 Å². The van der Waals surface area contributed by atoms with Gasteiger partial charge in [-0.1, -0.05) is 6.92 Å². The molecular formula is C13H21ClN2OS. The number of hydrogen-bond acceptors (Lipinski definition) is 3. The molecule has 2 rings (SSSR count). The number of rotatable bonds is 2. The Hall–Kier alpha value is -0.580. The SMILES string of the molecule is Cc1cc(C(=O)NC2CNCCC2C)sc1C.Cl. The molecule has 1 saturated heterocycles. The summed E-state index contributed by atoms with van der Waals surface area (Å²) in [6.07, 6.45) is 1.13. The Morgan fingerprint density at radius 3 is 2.78 bits per heavy atom. The fourth-order valence-electron chi connectivity index (χ4n) is 2.11. The third kappa shape index (κ3) is 3.46. The summed E-state index contributed by atoms with van der Waals surface area (Å²) in [5.41, 5.74) is 1.20. The number of halogens is 1. The van der Waals surface area contributed by atoms with E-state index >= 15 is 0 Å². The van der Waals surface area contributed by atoms with E-state index in [1.54, 1.807) is 11.3 Å². The summed E-state index contributed by atoms with van der Waals surface area (Å²) in [7, 11) is 0. The number of carbonyl (C=O) groups excluding carboxylic acids is 1. The van der Waals surface area contributed by atoms with E-state index in [4.69, 9.17) is 0 Å². The second-order valence-corrected chi connectivity index (χ2v) is 6.16. The number of thiophene rings is 1. The van der Waals surface area contributed by atoms with Crippen LogP contribution >= 0.6 is 23.7 Å². The van der Waals surface area contributed by atoms with Crippen LogP contribution in [0.2, 0.25) is 0 Å². The van der Waals surface area contributed by atoms with Crippen molar-refractivity contribution < 1.29 is 4.79 Å². The molecule has 0 radical (unpaired) electrons. The zero-order valence-electron chi connectivity index (χ0n) is 11.1. The Kier molecular flexibility index (Phi) is 5.63. The van der Waals surface area contributed by atoms with Gasteiger partial charge in [-0.3, -0.25) is 4.79 Å². The van der Waals surface area contributed by atoms with Gasteiger partial charge in [0.05, 0.1) is 4.88 Å². The minimum absolute atomic E-state index is 0. The van der Waals surface area contributed by atoms with Crippen LogP contribution in [0.4, 0.5) is 0 Å². The summed E-state index contributed by atoms with van der Waals surface area (Å²) < 4.78 is 0. The maximum atomic E-state index is 12.1. The topological polar surface area (TPSA) is 41.1 Å². The van der Waals surface area contributed by atoms with Crippen LogP contribution in [0.3, 0.4) is 0 Å². The minimum Gasteiger partial charge on any atom is -0.347 e. The summed E-state index contributed by atoms with van der Waals surface area (Å²) >= 11 is 1.58. The Morgan fingerprint density at radius 2 is 2.22 bits per heavy atom. The van der Waals surface area contributed by atoms with E-state index in [-0.39, 0.29) is 24.4 Å². The van der Waals surface area contributed by atoms with Gasteiger partial charge in [-0.2, -0.15) is 0 Å². The Labute approximate surface area is 119 Å². The lowest BCUT2D eigenvalue weighted by Crippen LogP contribution is -2.50. The molecule has 1 aliphatic rings. The van der Waals surface area contributed by atoms with Crippen molar-refractivity contribution in [3.05, 3.63) is 21.4 Å². The molecule has 5 heteroatoms. The van der Waals surface area contributed by atoms with E-state index in [0.717, 1.165) is 24.4 Å². The van der Waals surface area contributed by atoms with Gasteiger partial charge in [-0.25, -0.2) is 0 Å². The second kappa shape index (κ2) is 6.55. The van der Waals surface area contributed by atoms with Crippen molar-refractivity contribution in [1.82, 2.24) is 10.6 Å². The van der Waals surface area contributed by atoms with Crippen molar-refractivity contribution in [3.63, 3.8) is 0 Å². The molecule has 0 spiro atoms. The molecule has 18 heavy (non-hydrogen) atoms.